The first kappa shape index (κ1) is 18.3. The monoisotopic (exact) mass is 295 g/mol. The van der Waals surface area contributed by atoms with Crippen molar-refractivity contribution in [2.75, 3.05) is 0 Å². The van der Waals surface area contributed by atoms with Gasteiger partial charge in [-0.15, -0.1) is 0 Å². The van der Waals surface area contributed by atoms with Gasteiger partial charge < -0.3 is 4.57 Å². The molecule has 1 nitrogen and oxygen atoms in total. The molecule has 1 heterocycles. The van der Waals surface area contributed by atoms with Crippen molar-refractivity contribution < 1.29 is 4.39 Å². The summed E-state index contributed by atoms with van der Waals surface area (Å²) in [6, 6.07) is 0. The van der Waals surface area contributed by atoms with Gasteiger partial charge in [0.25, 0.3) is 0 Å². The summed E-state index contributed by atoms with van der Waals surface area (Å²) >= 11 is 0. The summed E-state index contributed by atoms with van der Waals surface area (Å²) in [5.41, 5.74) is 2.19. The molecule has 0 saturated carbocycles. The maximum Gasteiger partial charge on any atom is 0.144 e. The Morgan fingerprint density at radius 1 is 1.00 bits per heavy atom. The normalized spacial score (nSPS) is 14.4. The van der Waals surface area contributed by atoms with Gasteiger partial charge in [0, 0.05) is 29.9 Å². The zero-order valence-corrected chi connectivity index (χ0v) is 14.8. The molecule has 0 fully saturated rings. The zero-order chi connectivity index (χ0) is 15.9. The summed E-state index contributed by atoms with van der Waals surface area (Å²) in [6.07, 6.45) is 12.9. The third-order valence-electron chi connectivity index (χ3n) is 4.86. The number of hydrogen-bond acceptors (Lipinski definition) is 0. The quantitative estimate of drug-likeness (QED) is 0.448. The molecular weight excluding hydrogens is 261 g/mol. The smallest absolute Gasteiger partial charge is 0.144 e. The van der Waals surface area contributed by atoms with E-state index < -0.39 is 0 Å². The van der Waals surface area contributed by atoms with E-state index in [1.54, 1.807) is 6.20 Å². The van der Waals surface area contributed by atoms with Gasteiger partial charge in [-0.2, -0.15) is 0 Å². The molecule has 0 aromatic carbocycles. The lowest BCUT2D eigenvalue weighted by Gasteiger charge is -2.32. The lowest BCUT2D eigenvalue weighted by Crippen LogP contribution is -2.26. The van der Waals surface area contributed by atoms with Gasteiger partial charge in [-0.05, 0) is 19.8 Å². The fraction of sp³-hybridized carbons (Fsp3) is 0.789. The van der Waals surface area contributed by atoms with Gasteiger partial charge in [-0.3, -0.25) is 0 Å². The summed E-state index contributed by atoms with van der Waals surface area (Å²) < 4.78 is 16.0. The fourth-order valence-corrected chi connectivity index (χ4v) is 3.66. The Morgan fingerprint density at radius 2 is 1.52 bits per heavy atom. The molecule has 0 spiro atoms. The summed E-state index contributed by atoms with van der Waals surface area (Å²) in [7, 11) is 2.00. The predicted octanol–water partition coefficient (Wildman–Crippen LogP) is 6.28. The molecule has 21 heavy (non-hydrogen) atoms. The molecule has 1 rings (SSSR count). The molecule has 122 valence electrons. The Kier molecular flexibility index (Phi) is 7.48. The van der Waals surface area contributed by atoms with Crippen LogP contribution in [0.3, 0.4) is 0 Å². The first-order valence-corrected chi connectivity index (χ1v) is 8.78. The van der Waals surface area contributed by atoms with Gasteiger partial charge in [-0.25, -0.2) is 4.39 Å². The molecule has 1 aromatic rings. The van der Waals surface area contributed by atoms with E-state index >= 15 is 0 Å². The first-order chi connectivity index (χ1) is 9.96. The van der Waals surface area contributed by atoms with E-state index in [1.165, 1.54) is 63.5 Å². The largest absolute Gasteiger partial charge is 0.351 e. The van der Waals surface area contributed by atoms with E-state index in [4.69, 9.17) is 0 Å². The minimum Gasteiger partial charge on any atom is -0.351 e. The molecule has 2 heteroatoms. The minimum atomic E-state index is -0.0530. The molecule has 1 unspecified atom stereocenters. The van der Waals surface area contributed by atoms with E-state index in [2.05, 4.69) is 20.8 Å². The van der Waals surface area contributed by atoms with Crippen molar-refractivity contribution >= 4 is 0 Å². The van der Waals surface area contributed by atoms with Crippen molar-refractivity contribution in [1.82, 2.24) is 4.57 Å². The van der Waals surface area contributed by atoms with E-state index in [9.17, 15) is 4.39 Å². The maximum atomic E-state index is 13.9. The number of hydrogen-bond donors (Lipinski definition) is 0. The maximum absolute atomic E-state index is 13.9. The molecule has 0 amide bonds. The van der Waals surface area contributed by atoms with Crippen molar-refractivity contribution in [2.45, 2.75) is 90.9 Å². The molecule has 1 atom stereocenters. The number of aryl methyl sites for hydroxylation is 1. The third-order valence-corrected chi connectivity index (χ3v) is 4.86. The van der Waals surface area contributed by atoms with Crippen molar-refractivity contribution in [3.63, 3.8) is 0 Å². The molecule has 0 aliphatic heterocycles. The summed E-state index contributed by atoms with van der Waals surface area (Å²) in [6.45, 7) is 8.77. The Balaban J connectivity index is 2.88. The van der Waals surface area contributed by atoms with E-state index in [0.29, 0.717) is 0 Å². The average molecular weight is 295 g/mol. The molecular formula is C19H34FN. The van der Waals surface area contributed by atoms with Crippen LogP contribution < -0.4 is 0 Å². The summed E-state index contributed by atoms with van der Waals surface area (Å²) in [5.74, 6) is -0.0530. The van der Waals surface area contributed by atoms with Crippen LogP contribution >= 0.6 is 0 Å². The van der Waals surface area contributed by atoms with Crippen LogP contribution in [0.25, 0.3) is 0 Å². The van der Waals surface area contributed by atoms with Crippen molar-refractivity contribution in [3.8, 4) is 0 Å². The molecule has 0 aliphatic rings. The van der Waals surface area contributed by atoms with Gasteiger partial charge in [0.2, 0.25) is 0 Å². The Bertz CT molecular complexity index is 421. The SMILES string of the molecule is CCCCCCC(C)(CCCCC)c1c(C)c(F)cn1C. The van der Waals surface area contributed by atoms with Crippen LogP contribution in [0.5, 0.6) is 0 Å². The van der Waals surface area contributed by atoms with Crippen molar-refractivity contribution in [1.29, 1.82) is 0 Å². The topological polar surface area (TPSA) is 4.93 Å². The van der Waals surface area contributed by atoms with Crippen molar-refractivity contribution in [2.24, 2.45) is 7.05 Å². The van der Waals surface area contributed by atoms with Gasteiger partial charge >= 0.3 is 0 Å². The third kappa shape index (κ3) is 4.86. The lowest BCUT2D eigenvalue weighted by atomic mass is 9.75. The average Bonchev–Trinajstić information content (AvgIpc) is 2.69. The van der Waals surface area contributed by atoms with Gasteiger partial charge in [0.1, 0.15) is 5.82 Å². The van der Waals surface area contributed by atoms with E-state index in [-0.39, 0.29) is 11.2 Å². The fourth-order valence-electron chi connectivity index (χ4n) is 3.66. The first-order valence-electron chi connectivity index (χ1n) is 8.78. The highest BCUT2D eigenvalue weighted by Gasteiger charge is 2.31. The van der Waals surface area contributed by atoms with Crippen LogP contribution in [0, 0.1) is 12.7 Å². The highest BCUT2D eigenvalue weighted by atomic mass is 19.1. The Hall–Kier alpha value is -0.790. The molecule has 0 saturated heterocycles. The molecule has 0 N–H and O–H groups in total. The van der Waals surface area contributed by atoms with Crippen molar-refractivity contribution in [3.05, 3.63) is 23.3 Å². The van der Waals surface area contributed by atoms with Gasteiger partial charge in [-0.1, -0.05) is 65.7 Å². The molecule has 0 bridgehead atoms. The van der Waals surface area contributed by atoms with E-state index in [0.717, 1.165) is 5.56 Å². The number of aromatic nitrogens is 1. The number of nitrogens with zero attached hydrogens (tertiary/aromatic N) is 1. The molecule has 0 radical (unpaired) electrons. The van der Waals surface area contributed by atoms with E-state index in [1.807, 2.05) is 18.5 Å². The Morgan fingerprint density at radius 3 is 2.00 bits per heavy atom. The number of unbranched alkanes of at least 4 members (excludes halogenated alkanes) is 5. The zero-order valence-electron chi connectivity index (χ0n) is 14.8. The van der Waals surface area contributed by atoms with Gasteiger partial charge in [0.15, 0.2) is 0 Å². The highest BCUT2D eigenvalue weighted by Crippen LogP contribution is 2.38. The second kappa shape index (κ2) is 8.60. The minimum absolute atomic E-state index is 0.0530. The highest BCUT2D eigenvalue weighted by molar-refractivity contribution is 5.29. The van der Waals surface area contributed by atoms with Crippen LogP contribution in [0.4, 0.5) is 4.39 Å². The Labute approximate surface area is 130 Å². The van der Waals surface area contributed by atoms with Crippen LogP contribution in [-0.2, 0) is 12.5 Å². The molecule has 0 aliphatic carbocycles. The standard InChI is InChI=1S/C19H34FN/c1-6-8-10-12-14-19(4,13-11-9-7-2)18-16(3)17(20)15-21(18)5/h15H,6-14H2,1-5H3. The number of halogens is 1. The lowest BCUT2D eigenvalue weighted by molar-refractivity contribution is 0.347. The van der Waals surface area contributed by atoms with Crippen LogP contribution in [0.2, 0.25) is 0 Å². The number of rotatable bonds is 10. The van der Waals surface area contributed by atoms with Crippen LogP contribution in [0.15, 0.2) is 6.20 Å². The van der Waals surface area contributed by atoms with Crippen LogP contribution in [-0.4, -0.2) is 4.57 Å². The van der Waals surface area contributed by atoms with Gasteiger partial charge in [0.05, 0.1) is 0 Å². The molecule has 1 aromatic heterocycles. The summed E-state index contributed by atoms with van der Waals surface area (Å²) in [4.78, 5) is 0. The second-order valence-electron chi connectivity index (χ2n) is 6.89. The second-order valence-corrected chi connectivity index (χ2v) is 6.89. The summed E-state index contributed by atoms with van der Waals surface area (Å²) in [5, 5.41) is 0. The van der Waals surface area contributed by atoms with Crippen LogP contribution in [0.1, 0.15) is 89.8 Å². The predicted molar refractivity (Wildman–Crippen MR) is 90.4 cm³/mol.